The average Bonchev–Trinajstić information content (AvgIpc) is 2.74. The zero-order valence-corrected chi connectivity index (χ0v) is 13.2. The monoisotopic (exact) mass is 305 g/mol. The molecule has 0 fully saturated rings. The number of carboxylic acid groups (broad SMARTS) is 1. The molecule has 1 aromatic carbocycles. The van der Waals surface area contributed by atoms with Crippen LogP contribution in [0.5, 0.6) is 0 Å². The van der Waals surface area contributed by atoms with E-state index in [1.54, 1.807) is 10.7 Å². The lowest BCUT2D eigenvalue weighted by molar-refractivity contribution is 0.0694. The fourth-order valence-electron chi connectivity index (χ4n) is 2.19. The van der Waals surface area contributed by atoms with Crippen LogP contribution in [-0.2, 0) is 13.6 Å². The van der Waals surface area contributed by atoms with Crippen molar-refractivity contribution in [3.05, 3.63) is 41.2 Å². The van der Waals surface area contributed by atoms with Crippen LogP contribution in [0.3, 0.4) is 0 Å². The second kappa shape index (κ2) is 6.67. The van der Waals surface area contributed by atoms with Gasteiger partial charge >= 0.3 is 5.97 Å². The van der Waals surface area contributed by atoms with Gasteiger partial charge in [0.15, 0.2) is 0 Å². The number of rotatable bonds is 6. The average molecular weight is 305 g/mol. The Bertz CT molecular complexity index is 652. The van der Waals surface area contributed by atoms with Crippen molar-refractivity contribution in [1.29, 1.82) is 0 Å². The summed E-state index contributed by atoms with van der Waals surface area (Å²) in [4.78, 5) is 12.3. The molecule has 2 N–H and O–H groups in total. The molecule has 21 heavy (non-hydrogen) atoms. The maximum Gasteiger partial charge on any atom is 0.338 e. The number of hydrogen-bond acceptors (Lipinski definition) is 4. The summed E-state index contributed by atoms with van der Waals surface area (Å²) >= 11 is 1.54. The highest BCUT2D eigenvalue weighted by Crippen LogP contribution is 2.29. The molecule has 0 atom stereocenters. The summed E-state index contributed by atoms with van der Waals surface area (Å²) in [6.07, 6.45) is 1.94. The first-order valence-electron chi connectivity index (χ1n) is 6.75. The Labute approximate surface area is 128 Å². The van der Waals surface area contributed by atoms with E-state index in [2.05, 4.69) is 10.4 Å². The van der Waals surface area contributed by atoms with Crippen LogP contribution in [0.4, 0.5) is 5.69 Å². The molecule has 0 unspecified atom stereocenters. The largest absolute Gasteiger partial charge is 0.478 e. The summed E-state index contributed by atoms with van der Waals surface area (Å²) in [6, 6.07) is 5.52. The molecule has 1 aromatic heterocycles. The predicted octanol–water partition coefficient (Wildman–Crippen LogP) is 3.15. The molecule has 2 rings (SSSR count). The summed E-state index contributed by atoms with van der Waals surface area (Å²) in [5, 5.41) is 17.0. The predicted molar refractivity (Wildman–Crippen MR) is 85.1 cm³/mol. The molecular formula is C15H19N3O2S. The summed E-state index contributed by atoms with van der Waals surface area (Å²) in [5.41, 5.74) is 2.98. The molecule has 0 amide bonds. The molecule has 2 aromatic rings. The lowest BCUT2D eigenvalue weighted by Gasteiger charge is -2.12. The second-order valence-corrected chi connectivity index (χ2v) is 5.99. The number of thioether (sulfide) groups is 1. The lowest BCUT2D eigenvalue weighted by atomic mass is 10.1. The summed E-state index contributed by atoms with van der Waals surface area (Å²) in [6.45, 7) is 4.51. The van der Waals surface area contributed by atoms with Crippen LogP contribution in [0.15, 0.2) is 29.3 Å². The molecule has 0 aliphatic heterocycles. The quantitative estimate of drug-likeness (QED) is 0.803. The SMILES string of the molecule is CCSc1cccc(NCc2cn(C)nc2C)c1C(=O)O. The number of carboxylic acids is 1. The molecule has 0 saturated carbocycles. The Balaban J connectivity index is 2.25. The Morgan fingerprint density at radius 3 is 2.81 bits per heavy atom. The minimum absolute atomic E-state index is 0.339. The van der Waals surface area contributed by atoms with E-state index in [-0.39, 0.29) is 0 Å². The number of nitrogens with zero attached hydrogens (tertiary/aromatic N) is 2. The van der Waals surface area contributed by atoms with Crippen molar-refractivity contribution in [1.82, 2.24) is 9.78 Å². The van der Waals surface area contributed by atoms with E-state index in [0.717, 1.165) is 21.9 Å². The van der Waals surface area contributed by atoms with E-state index in [4.69, 9.17) is 0 Å². The summed E-state index contributed by atoms with van der Waals surface area (Å²) in [7, 11) is 1.87. The topological polar surface area (TPSA) is 67.2 Å². The molecule has 0 bridgehead atoms. The first-order chi connectivity index (χ1) is 10.0. The third-order valence-corrected chi connectivity index (χ3v) is 4.06. The number of aryl methyl sites for hydroxylation is 2. The first-order valence-corrected chi connectivity index (χ1v) is 7.73. The molecule has 0 aliphatic carbocycles. The highest BCUT2D eigenvalue weighted by atomic mass is 32.2. The molecule has 5 nitrogen and oxygen atoms in total. The number of anilines is 1. The third kappa shape index (κ3) is 3.58. The van der Waals surface area contributed by atoms with Gasteiger partial charge < -0.3 is 10.4 Å². The van der Waals surface area contributed by atoms with Crippen LogP contribution >= 0.6 is 11.8 Å². The van der Waals surface area contributed by atoms with Crippen LogP contribution in [-0.4, -0.2) is 26.6 Å². The van der Waals surface area contributed by atoms with Gasteiger partial charge in [0.05, 0.1) is 16.9 Å². The van der Waals surface area contributed by atoms with Crippen LogP contribution in [0.2, 0.25) is 0 Å². The molecule has 0 radical (unpaired) electrons. The van der Waals surface area contributed by atoms with Crippen LogP contribution in [0.1, 0.15) is 28.5 Å². The number of aromatic carboxylic acids is 1. The van der Waals surface area contributed by atoms with Gasteiger partial charge in [0.2, 0.25) is 0 Å². The fourth-order valence-corrected chi connectivity index (χ4v) is 3.01. The first kappa shape index (κ1) is 15.4. The zero-order chi connectivity index (χ0) is 15.4. The van der Waals surface area contributed by atoms with Gasteiger partial charge in [0, 0.05) is 30.2 Å². The van der Waals surface area contributed by atoms with Crippen molar-refractivity contribution in [2.24, 2.45) is 7.05 Å². The standard InChI is InChI=1S/C15H19N3O2S/c1-4-21-13-7-5-6-12(14(13)15(19)20)16-8-11-9-18(3)17-10(11)2/h5-7,9,16H,4,8H2,1-3H3,(H,19,20). The van der Waals surface area contributed by atoms with Crippen molar-refractivity contribution in [2.75, 3.05) is 11.1 Å². The third-order valence-electron chi connectivity index (χ3n) is 3.12. The Kier molecular flexibility index (Phi) is 4.90. The van der Waals surface area contributed by atoms with Gasteiger partial charge in [-0.25, -0.2) is 4.79 Å². The van der Waals surface area contributed by atoms with Crippen molar-refractivity contribution >= 4 is 23.4 Å². The lowest BCUT2D eigenvalue weighted by Crippen LogP contribution is -2.08. The van der Waals surface area contributed by atoms with Crippen LogP contribution in [0.25, 0.3) is 0 Å². The number of hydrogen-bond donors (Lipinski definition) is 2. The normalized spacial score (nSPS) is 10.6. The van der Waals surface area contributed by atoms with Gasteiger partial charge in [0.25, 0.3) is 0 Å². The maximum atomic E-state index is 11.5. The van der Waals surface area contributed by atoms with E-state index in [0.29, 0.717) is 17.8 Å². The fraction of sp³-hybridized carbons (Fsp3) is 0.333. The van der Waals surface area contributed by atoms with Crippen molar-refractivity contribution < 1.29 is 9.90 Å². The molecule has 0 aliphatic rings. The van der Waals surface area contributed by atoms with Crippen molar-refractivity contribution in [3.8, 4) is 0 Å². The van der Waals surface area contributed by atoms with Gasteiger partial charge in [-0.1, -0.05) is 13.0 Å². The zero-order valence-electron chi connectivity index (χ0n) is 12.4. The molecule has 1 heterocycles. The van der Waals surface area contributed by atoms with Crippen LogP contribution in [0, 0.1) is 6.92 Å². The van der Waals surface area contributed by atoms with Gasteiger partial charge in [0.1, 0.15) is 0 Å². The van der Waals surface area contributed by atoms with E-state index < -0.39 is 5.97 Å². The number of aromatic nitrogens is 2. The molecular weight excluding hydrogens is 286 g/mol. The Morgan fingerprint density at radius 1 is 1.48 bits per heavy atom. The van der Waals surface area contributed by atoms with E-state index in [1.807, 2.05) is 39.2 Å². The van der Waals surface area contributed by atoms with Gasteiger partial charge in [-0.2, -0.15) is 5.10 Å². The summed E-state index contributed by atoms with van der Waals surface area (Å²) < 4.78 is 1.76. The number of nitrogens with one attached hydrogen (secondary N) is 1. The Morgan fingerprint density at radius 2 is 2.24 bits per heavy atom. The number of carbonyl (C=O) groups is 1. The minimum Gasteiger partial charge on any atom is -0.478 e. The smallest absolute Gasteiger partial charge is 0.338 e. The van der Waals surface area contributed by atoms with Crippen molar-refractivity contribution in [3.63, 3.8) is 0 Å². The van der Waals surface area contributed by atoms with E-state index in [1.165, 1.54) is 11.8 Å². The van der Waals surface area contributed by atoms with Gasteiger partial charge in [-0.3, -0.25) is 4.68 Å². The van der Waals surface area contributed by atoms with Gasteiger partial charge in [-0.15, -0.1) is 11.8 Å². The highest BCUT2D eigenvalue weighted by Gasteiger charge is 2.15. The maximum absolute atomic E-state index is 11.5. The summed E-state index contributed by atoms with van der Waals surface area (Å²) in [5.74, 6) is -0.0669. The minimum atomic E-state index is -0.906. The van der Waals surface area contributed by atoms with E-state index >= 15 is 0 Å². The molecule has 112 valence electrons. The highest BCUT2D eigenvalue weighted by molar-refractivity contribution is 7.99. The van der Waals surface area contributed by atoms with Gasteiger partial charge in [-0.05, 0) is 24.8 Å². The Hall–Kier alpha value is -1.95. The van der Waals surface area contributed by atoms with Crippen LogP contribution < -0.4 is 5.32 Å². The second-order valence-electron chi connectivity index (χ2n) is 4.68. The molecule has 0 saturated heterocycles. The number of benzene rings is 1. The molecule has 0 spiro atoms. The molecule has 6 heteroatoms. The van der Waals surface area contributed by atoms with E-state index in [9.17, 15) is 9.90 Å². The van der Waals surface area contributed by atoms with Crippen molar-refractivity contribution in [2.45, 2.75) is 25.3 Å².